The molecule has 2 aliphatic rings. The average molecular weight is 450 g/mol. The average Bonchev–Trinajstić information content (AvgIpc) is 3.12. The van der Waals surface area contributed by atoms with Crippen molar-refractivity contribution < 1.29 is 27.2 Å². The Bertz CT molecular complexity index is 1040. The second-order valence-electron chi connectivity index (χ2n) is 7.85. The van der Waals surface area contributed by atoms with Gasteiger partial charge in [-0.1, -0.05) is 11.2 Å². The predicted molar refractivity (Wildman–Crippen MR) is 112 cm³/mol. The molecule has 0 bridgehead atoms. The summed E-state index contributed by atoms with van der Waals surface area (Å²) in [6, 6.07) is 5.80. The second kappa shape index (κ2) is 8.88. The summed E-state index contributed by atoms with van der Waals surface area (Å²) in [5.41, 5.74) is 1.42. The first-order valence-electron chi connectivity index (χ1n) is 10.5. The maximum absolute atomic E-state index is 12.9. The number of piperidine rings is 1. The Morgan fingerprint density at radius 2 is 1.87 bits per heavy atom. The lowest BCUT2D eigenvalue weighted by Gasteiger charge is -2.30. The van der Waals surface area contributed by atoms with Crippen molar-refractivity contribution in [1.82, 2.24) is 14.8 Å². The molecule has 0 radical (unpaired) electrons. The van der Waals surface area contributed by atoms with Crippen molar-refractivity contribution in [3.8, 4) is 11.5 Å². The van der Waals surface area contributed by atoms with Crippen LogP contribution in [0.4, 0.5) is 0 Å². The Morgan fingerprint density at radius 1 is 1.16 bits per heavy atom. The summed E-state index contributed by atoms with van der Waals surface area (Å²) in [5, 5.41) is 6.72. The molecule has 2 aromatic rings. The maximum Gasteiger partial charge on any atom is 0.248 e. The van der Waals surface area contributed by atoms with E-state index in [4.69, 9.17) is 14.0 Å². The molecule has 4 rings (SSSR count). The number of rotatable bonds is 6. The number of hydrogen-bond donors (Lipinski definition) is 1. The topological polar surface area (TPSA) is 111 Å². The Morgan fingerprint density at radius 3 is 2.55 bits per heavy atom. The number of aryl methyl sites for hydroxylation is 2. The van der Waals surface area contributed by atoms with Crippen molar-refractivity contribution in [1.29, 1.82) is 0 Å². The molecule has 9 nitrogen and oxygen atoms in total. The SMILES string of the molecule is Cc1noc(C)c1S(=O)(=O)N1CCC(C(=O)NCCc2ccc3c(c2)OCCO3)CC1. The molecule has 0 unspecified atom stereocenters. The van der Waals surface area contributed by atoms with Crippen LogP contribution in [0.25, 0.3) is 0 Å². The van der Waals surface area contributed by atoms with Gasteiger partial charge in [-0.3, -0.25) is 4.79 Å². The number of benzene rings is 1. The number of nitrogens with zero attached hydrogens (tertiary/aromatic N) is 2. The number of ether oxygens (including phenoxy) is 2. The van der Waals surface area contributed by atoms with Crippen molar-refractivity contribution in [3.63, 3.8) is 0 Å². The van der Waals surface area contributed by atoms with Gasteiger partial charge in [0.2, 0.25) is 15.9 Å². The molecule has 1 aromatic carbocycles. The number of sulfonamides is 1. The summed E-state index contributed by atoms with van der Waals surface area (Å²) < 4.78 is 43.3. The van der Waals surface area contributed by atoms with E-state index in [9.17, 15) is 13.2 Å². The predicted octanol–water partition coefficient (Wildman–Crippen LogP) is 1.82. The molecule has 0 aliphatic carbocycles. The molecule has 1 saturated heterocycles. The van der Waals surface area contributed by atoms with Crippen LogP contribution in [0, 0.1) is 19.8 Å². The molecule has 2 aliphatic heterocycles. The van der Waals surface area contributed by atoms with Crippen molar-refractivity contribution in [2.45, 2.75) is 38.0 Å². The van der Waals surface area contributed by atoms with E-state index >= 15 is 0 Å². The Kier molecular flexibility index (Phi) is 6.19. The van der Waals surface area contributed by atoms with Gasteiger partial charge in [0.1, 0.15) is 23.8 Å². The number of carbonyl (C=O) groups is 1. The lowest BCUT2D eigenvalue weighted by molar-refractivity contribution is -0.126. The van der Waals surface area contributed by atoms with Crippen molar-refractivity contribution >= 4 is 15.9 Å². The van der Waals surface area contributed by atoms with Crippen LogP contribution in [0.1, 0.15) is 29.9 Å². The van der Waals surface area contributed by atoms with E-state index < -0.39 is 10.0 Å². The second-order valence-corrected chi connectivity index (χ2v) is 9.73. The van der Waals surface area contributed by atoms with E-state index in [-0.39, 0.29) is 22.5 Å². The summed E-state index contributed by atoms with van der Waals surface area (Å²) in [4.78, 5) is 12.7. The third-order valence-electron chi connectivity index (χ3n) is 5.71. The van der Waals surface area contributed by atoms with Gasteiger partial charge in [-0.25, -0.2) is 8.42 Å². The number of fused-ring (bicyclic) bond motifs is 1. The molecular formula is C21H27N3O6S. The van der Waals surface area contributed by atoms with E-state index in [1.165, 1.54) is 4.31 Å². The first kappa shape index (κ1) is 21.6. The highest BCUT2D eigenvalue weighted by atomic mass is 32.2. The van der Waals surface area contributed by atoms with Gasteiger partial charge in [0.05, 0.1) is 0 Å². The van der Waals surface area contributed by atoms with Gasteiger partial charge in [-0.15, -0.1) is 0 Å². The van der Waals surface area contributed by atoms with E-state index in [0.29, 0.717) is 57.8 Å². The van der Waals surface area contributed by atoms with Gasteiger partial charge in [0.15, 0.2) is 17.3 Å². The van der Waals surface area contributed by atoms with Crippen molar-refractivity contribution in [2.24, 2.45) is 5.92 Å². The Balaban J connectivity index is 1.27. The first-order chi connectivity index (χ1) is 14.9. The number of nitrogens with one attached hydrogen (secondary N) is 1. The van der Waals surface area contributed by atoms with Gasteiger partial charge in [-0.05, 0) is 50.8 Å². The fraction of sp³-hybridized carbons (Fsp3) is 0.524. The molecule has 168 valence electrons. The van der Waals surface area contributed by atoms with Crippen LogP contribution in [0.3, 0.4) is 0 Å². The smallest absolute Gasteiger partial charge is 0.248 e. The van der Waals surface area contributed by atoms with Gasteiger partial charge in [0.25, 0.3) is 0 Å². The molecule has 1 N–H and O–H groups in total. The summed E-state index contributed by atoms with van der Waals surface area (Å²) in [6.45, 7) is 5.41. The third kappa shape index (κ3) is 4.54. The third-order valence-corrected chi connectivity index (χ3v) is 7.85. The minimum absolute atomic E-state index is 0.0352. The summed E-state index contributed by atoms with van der Waals surface area (Å²) in [7, 11) is -3.67. The highest BCUT2D eigenvalue weighted by Crippen LogP contribution is 2.31. The quantitative estimate of drug-likeness (QED) is 0.716. The van der Waals surface area contributed by atoms with E-state index in [1.807, 2.05) is 18.2 Å². The van der Waals surface area contributed by atoms with Gasteiger partial charge >= 0.3 is 0 Å². The van der Waals surface area contributed by atoms with Crippen LogP contribution < -0.4 is 14.8 Å². The van der Waals surface area contributed by atoms with Crippen molar-refractivity contribution in [2.75, 3.05) is 32.8 Å². The van der Waals surface area contributed by atoms with E-state index in [2.05, 4.69) is 10.5 Å². The number of amides is 1. The molecule has 1 aromatic heterocycles. The lowest BCUT2D eigenvalue weighted by atomic mass is 9.97. The summed E-state index contributed by atoms with van der Waals surface area (Å²) in [6.07, 6.45) is 1.65. The molecule has 3 heterocycles. The Labute approximate surface area is 181 Å². The van der Waals surface area contributed by atoms with Crippen LogP contribution in [-0.4, -0.2) is 56.6 Å². The number of hydrogen-bond acceptors (Lipinski definition) is 7. The summed E-state index contributed by atoms with van der Waals surface area (Å²) in [5.74, 6) is 1.54. The van der Waals surface area contributed by atoms with Crippen LogP contribution in [-0.2, 0) is 21.2 Å². The molecule has 0 saturated carbocycles. The molecule has 31 heavy (non-hydrogen) atoms. The van der Waals surface area contributed by atoms with Gasteiger partial charge < -0.3 is 19.3 Å². The minimum Gasteiger partial charge on any atom is -0.486 e. The minimum atomic E-state index is -3.67. The fourth-order valence-electron chi connectivity index (χ4n) is 4.05. The normalized spacial score (nSPS) is 17.5. The van der Waals surface area contributed by atoms with Crippen LogP contribution in [0.15, 0.2) is 27.6 Å². The largest absolute Gasteiger partial charge is 0.486 e. The number of aromatic nitrogens is 1. The van der Waals surface area contributed by atoms with E-state index in [0.717, 1.165) is 17.1 Å². The molecule has 1 fully saturated rings. The van der Waals surface area contributed by atoms with Gasteiger partial charge in [0, 0.05) is 25.6 Å². The van der Waals surface area contributed by atoms with Crippen LogP contribution in [0.2, 0.25) is 0 Å². The van der Waals surface area contributed by atoms with Crippen LogP contribution in [0.5, 0.6) is 11.5 Å². The fourth-order valence-corrected chi connectivity index (χ4v) is 5.81. The van der Waals surface area contributed by atoms with Crippen LogP contribution >= 0.6 is 0 Å². The summed E-state index contributed by atoms with van der Waals surface area (Å²) >= 11 is 0. The monoisotopic (exact) mass is 449 g/mol. The molecule has 10 heteroatoms. The molecule has 1 amide bonds. The lowest BCUT2D eigenvalue weighted by Crippen LogP contribution is -2.43. The number of carbonyl (C=O) groups excluding carboxylic acids is 1. The first-order valence-corrected chi connectivity index (χ1v) is 11.9. The zero-order chi connectivity index (χ0) is 22.0. The molecular weight excluding hydrogens is 422 g/mol. The molecule has 0 atom stereocenters. The highest BCUT2D eigenvalue weighted by Gasteiger charge is 2.35. The zero-order valence-corrected chi connectivity index (χ0v) is 18.5. The standard InChI is InChI=1S/C21H27N3O6S/c1-14-20(15(2)30-23-14)31(26,27)24-9-6-17(7-10-24)21(25)22-8-5-16-3-4-18-19(13-16)29-12-11-28-18/h3-4,13,17H,5-12H2,1-2H3,(H,22,25). The molecule has 0 spiro atoms. The Hall–Kier alpha value is -2.59. The van der Waals surface area contributed by atoms with Crippen molar-refractivity contribution in [3.05, 3.63) is 35.2 Å². The van der Waals surface area contributed by atoms with E-state index in [1.54, 1.807) is 13.8 Å². The zero-order valence-electron chi connectivity index (χ0n) is 17.7. The highest BCUT2D eigenvalue weighted by molar-refractivity contribution is 7.89. The maximum atomic E-state index is 12.9. The van der Waals surface area contributed by atoms with Gasteiger partial charge in [-0.2, -0.15) is 4.31 Å².